The number of nitrogens with one attached hydrogen (secondary N) is 1. The van der Waals surface area contributed by atoms with Crippen LogP contribution in [0.15, 0.2) is 48.9 Å². The summed E-state index contributed by atoms with van der Waals surface area (Å²) in [5.41, 5.74) is 4.05. The summed E-state index contributed by atoms with van der Waals surface area (Å²) in [6.45, 7) is 0.667. The highest BCUT2D eigenvalue weighted by molar-refractivity contribution is 5.97. The van der Waals surface area contributed by atoms with E-state index in [1.54, 1.807) is 32.4 Å². The summed E-state index contributed by atoms with van der Waals surface area (Å²) in [6.07, 6.45) is 10.0. The number of ether oxygens (including phenoxy) is 2. The van der Waals surface area contributed by atoms with Crippen molar-refractivity contribution in [2.75, 3.05) is 20.8 Å². The van der Waals surface area contributed by atoms with Gasteiger partial charge in [-0.25, -0.2) is 0 Å². The van der Waals surface area contributed by atoms with Crippen LogP contribution in [0.2, 0.25) is 0 Å². The van der Waals surface area contributed by atoms with Gasteiger partial charge in [0.25, 0.3) is 5.91 Å². The van der Waals surface area contributed by atoms with Crippen LogP contribution in [0.4, 0.5) is 0 Å². The highest BCUT2D eigenvalue weighted by atomic mass is 16.5. The van der Waals surface area contributed by atoms with Crippen molar-refractivity contribution >= 4 is 5.91 Å². The van der Waals surface area contributed by atoms with Gasteiger partial charge in [0.15, 0.2) is 0 Å². The van der Waals surface area contributed by atoms with Gasteiger partial charge in [-0.3, -0.25) is 14.5 Å². The van der Waals surface area contributed by atoms with Crippen molar-refractivity contribution < 1.29 is 14.3 Å². The number of carbonyl (C=O) groups is 1. The zero-order valence-corrected chi connectivity index (χ0v) is 18.9. The van der Waals surface area contributed by atoms with E-state index in [0.29, 0.717) is 35.4 Å². The zero-order valence-electron chi connectivity index (χ0n) is 18.9. The van der Waals surface area contributed by atoms with Crippen molar-refractivity contribution in [1.29, 1.82) is 0 Å². The van der Waals surface area contributed by atoms with Gasteiger partial charge in [0.05, 0.1) is 25.5 Å². The molecule has 2 aromatic heterocycles. The largest absolute Gasteiger partial charge is 0.497 e. The first kappa shape index (κ1) is 21.9. The molecule has 32 heavy (non-hydrogen) atoms. The molecule has 4 rings (SSSR count). The van der Waals surface area contributed by atoms with Crippen LogP contribution >= 0.6 is 0 Å². The van der Waals surface area contributed by atoms with E-state index in [9.17, 15) is 4.79 Å². The molecule has 0 spiro atoms. The molecule has 1 aliphatic carbocycles. The molecule has 3 aromatic rings. The van der Waals surface area contributed by atoms with E-state index in [0.717, 1.165) is 31.2 Å². The molecule has 1 aliphatic rings. The Bertz CT molecular complexity index is 1060. The maximum Gasteiger partial charge on any atom is 0.255 e. The second kappa shape index (κ2) is 9.85. The third-order valence-electron chi connectivity index (χ3n) is 6.29. The molecule has 0 atom stereocenters. The van der Waals surface area contributed by atoms with Crippen LogP contribution in [-0.2, 0) is 7.05 Å². The Morgan fingerprint density at radius 3 is 2.53 bits per heavy atom. The molecule has 1 N–H and O–H groups in total. The molecule has 0 radical (unpaired) electrons. The van der Waals surface area contributed by atoms with Crippen molar-refractivity contribution in [3.8, 4) is 22.6 Å². The molecule has 0 bridgehead atoms. The Morgan fingerprint density at radius 2 is 1.84 bits per heavy atom. The highest BCUT2D eigenvalue weighted by Crippen LogP contribution is 2.39. The van der Waals surface area contributed by atoms with E-state index >= 15 is 0 Å². The fraction of sp³-hybridized carbons (Fsp3) is 0.400. The SMILES string of the molecule is COc1ccc(C(=O)NCC2CCC(c3nn(C)cc3-c3ccncc3)CC2)c(OC)c1. The van der Waals surface area contributed by atoms with Crippen LogP contribution in [-0.4, -0.2) is 41.4 Å². The smallest absolute Gasteiger partial charge is 0.255 e. The molecule has 1 saturated carbocycles. The molecular formula is C25H30N4O3. The van der Waals surface area contributed by atoms with Gasteiger partial charge in [0.1, 0.15) is 11.5 Å². The lowest BCUT2D eigenvalue weighted by atomic mass is 9.79. The number of benzene rings is 1. The summed E-state index contributed by atoms with van der Waals surface area (Å²) < 4.78 is 12.5. The lowest BCUT2D eigenvalue weighted by molar-refractivity contribution is 0.0939. The summed E-state index contributed by atoms with van der Waals surface area (Å²) in [6, 6.07) is 9.32. The van der Waals surface area contributed by atoms with E-state index in [-0.39, 0.29) is 5.91 Å². The highest BCUT2D eigenvalue weighted by Gasteiger charge is 2.27. The van der Waals surface area contributed by atoms with Crippen LogP contribution in [0.25, 0.3) is 11.1 Å². The summed E-state index contributed by atoms with van der Waals surface area (Å²) in [4.78, 5) is 16.8. The molecular weight excluding hydrogens is 404 g/mol. The number of hydrogen-bond donors (Lipinski definition) is 1. The monoisotopic (exact) mass is 434 g/mol. The van der Waals surface area contributed by atoms with Crippen LogP contribution in [0.3, 0.4) is 0 Å². The average Bonchev–Trinajstić information content (AvgIpc) is 3.24. The number of rotatable bonds is 7. The van der Waals surface area contributed by atoms with Crippen molar-refractivity contribution in [1.82, 2.24) is 20.1 Å². The number of aryl methyl sites for hydroxylation is 1. The Kier molecular flexibility index (Phi) is 6.73. The van der Waals surface area contributed by atoms with E-state index in [4.69, 9.17) is 14.6 Å². The van der Waals surface area contributed by atoms with Gasteiger partial charge in [-0.05, 0) is 61.4 Å². The van der Waals surface area contributed by atoms with Gasteiger partial charge in [0, 0.05) is 49.7 Å². The minimum Gasteiger partial charge on any atom is -0.497 e. The Morgan fingerprint density at radius 1 is 1.09 bits per heavy atom. The first-order valence-electron chi connectivity index (χ1n) is 11.0. The molecule has 1 fully saturated rings. The third-order valence-corrected chi connectivity index (χ3v) is 6.29. The molecule has 0 aliphatic heterocycles. The number of aromatic nitrogens is 3. The third kappa shape index (κ3) is 4.77. The average molecular weight is 435 g/mol. The molecule has 1 amide bonds. The second-order valence-corrected chi connectivity index (χ2v) is 8.33. The summed E-state index contributed by atoms with van der Waals surface area (Å²) >= 11 is 0. The van der Waals surface area contributed by atoms with Crippen LogP contribution in [0.1, 0.15) is 47.7 Å². The minimum absolute atomic E-state index is 0.115. The number of methoxy groups -OCH3 is 2. The normalized spacial score (nSPS) is 18.2. The summed E-state index contributed by atoms with van der Waals surface area (Å²) in [5, 5.41) is 7.88. The molecule has 0 unspecified atom stereocenters. The van der Waals surface area contributed by atoms with E-state index in [2.05, 4.69) is 16.5 Å². The molecule has 0 saturated heterocycles. The van der Waals surface area contributed by atoms with Crippen molar-refractivity contribution in [2.45, 2.75) is 31.6 Å². The predicted octanol–water partition coefficient (Wildman–Crippen LogP) is 4.20. The quantitative estimate of drug-likeness (QED) is 0.603. The van der Waals surface area contributed by atoms with Gasteiger partial charge in [0.2, 0.25) is 0 Å². The van der Waals surface area contributed by atoms with Crippen molar-refractivity contribution in [2.24, 2.45) is 13.0 Å². The molecule has 7 heteroatoms. The maximum absolute atomic E-state index is 12.7. The van der Waals surface area contributed by atoms with Gasteiger partial charge in [-0.1, -0.05) is 0 Å². The summed E-state index contributed by atoms with van der Waals surface area (Å²) in [7, 11) is 5.13. The van der Waals surface area contributed by atoms with E-state index < -0.39 is 0 Å². The number of pyridine rings is 1. The standard InChI is InChI=1S/C25H30N4O3/c1-29-16-22(18-10-12-26-13-11-18)24(28-29)19-6-4-17(5-7-19)15-27-25(30)21-9-8-20(31-2)14-23(21)32-3/h8-14,16-17,19H,4-7,15H2,1-3H3,(H,27,30). The number of carbonyl (C=O) groups excluding carboxylic acids is 1. The fourth-order valence-corrected chi connectivity index (χ4v) is 4.52. The molecule has 168 valence electrons. The van der Waals surface area contributed by atoms with Gasteiger partial charge in [-0.15, -0.1) is 0 Å². The van der Waals surface area contributed by atoms with Crippen LogP contribution in [0.5, 0.6) is 11.5 Å². The number of nitrogens with zero attached hydrogens (tertiary/aromatic N) is 3. The number of hydrogen-bond acceptors (Lipinski definition) is 5. The fourth-order valence-electron chi connectivity index (χ4n) is 4.52. The Balaban J connectivity index is 1.35. The van der Waals surface area contributed by atoms with Gasteiger partial charge < -0.3 is 14.8 Å². The van der Waals surface area contributed by atoms with Crippen molar-refractivity contribution in [3.05, 3.63) is 60.2 Å². The Labute approximate surface area is 188 Å². The van der Waals surface area contributed by atoms with E-state index in [1.807, 2.05) is 36.3 Å². The Hall–Kier alpha value is -3.35. The van der Waals surface area contributed by atoms with E-state index in [1.165, 1.54) is 11.3 Å². The van der Waals surface area contributed by atoms with Crippen LogP contribution in [0, 0.1) is 5.92 Å². The molecule has 1 aromatic carbocycles. The van der Waals surface area contributed by atoms with Crippen molar-refractivity contribution in [3.63, 3.8) is 0 Å². The predicted molar refractivity (Wildman–Crippen MR) is 123 cm³/mol. The summed E-state index contributed by atoms with van der Waals surface area (Å²) in [5.74, 6) is 1.97. The molecule has 2 heterocycles. The lowest BCUT2D eigenvalue weighted by Crippen LogP contribution is -2.31. The topological polar surface area (TPSA) is 78.3 Å². The zero-order chi connectivity index (χ0) is 22.5. The first-order valence-corrected chi connectivity index (χ1v) is 11.0. The second-order valence-electron chi connectivity index (χ2n) is 8.33. The van der Waals surface area contributed by atoms with Crippen LogP contribution < -0.4 is 14.8 Å². The number of amides is 1. The minimum atomic E-state index is -0.115. The van der Waals surface area contributed by atoms with Gasteiger partial charge >= 0.3 is 0 Å². The maximum atomic E-state index is 12.7. The lowest BCUT2D eigenvalue weighted by Gasteiger charge is -2.28. The molecule has 7 nitrogen and oxygen atoms in total. The first-order chi connectivity index (χ1) is 15.6. The van der Waals surface area contributed by atoms with Gasteiger partial charge in [-0.2, -0.15) is 5.10 Å².